The number of ether oxygens (including phenoxy) is 1. The molecule has 1 amide bonds. The lowest BCUT2D eigenvalue weighted by molar-refractivity contribution is -0.122. The van der Waals surface area contributed by atoms with E-state index in [4.69, 9.17) is 21.3 Å². The van der Waals surface area contributed by atoms with Crippen molar-refractivity contribution in [3.05, 3.63) is 58.0 Å². The Hall–Kier alpha value is -2.44. The van der Waals surface area contributed by atoms with Gasteiger partial charge in [0.05, 0.1) is 21.7 Å². The van der Waals surface area contributed by atoms with Gasteiger partial charge in [0.25, 0.3) is 5.91 Å². The van der Waals surface area contributed by atoms with Gasteiger partial charge in [-0.05, 0) is 80.1 Å². The molecular formula is C24H28ClN3O2S. The lowest BCUT2D eigenvalue weighted by atomic mass is 10.2. The van der Waals surface area contributed by atoms with Crippen LogP contribution in [0.5, 0.6) is 5.75 Å². The number of likely N-dealkylation sites (N-methyl/N-ethyl adjacent to an activating group) is 1. The molecule has 0 aliphatic carbocycles. The molecule has 1 atom stereocenters. The fraction of sp³-hybridized carbons (Fsp3) is 0.333. The van der Waals surface area contributed by atoms with E-state index >= 15 is 0 Å². The summed E-state index contributed by atoms with van der Waals surface area (Å²) in [7, 11) is 4.00. The van der Waals surface area contributed by atoms with Gasteiger partial charge in [-0.3, -0.25) is 9.69 Å². The average molecular weight is 458 g/mol. The number of carbonyl (C=O) groups is 1. The van der Waals surface area contributed by atoms with Crippen molar-refractivity contribution < 1.29 is 9.53 Å². The van der Waals surface area contributed by atoms with Crippen molar-refractivity contribution in [2.75, 3.05) is 25.5 Å². The first-order valence-corrected chi connectivity index (χ1v) is 11.6. The zero-order valence-corrected chi connectivity index (χ0v) is 20.1. The number of rotatable bonds is 7. The van der Waals surface area contributed by atoms with Crippen molar-refractivity contribution in [1.82, 2.24) is 4.90 Å². The smallest absolute Gasteiger partial charge is 0.266 e. The number of amides is 1. The summed E-state index contributed by atoms with van der Waals surface area (Å²) in [5.74, 6) is 0.606. The number of aliphatic imine (C=N–C) groups is 1. The lowest BCUT2D eigenvalue weighted by Gasteiger charge is -2.14. The number of anilines is 1. The second kappa shape index (κ2) is 10.2. The van der Waals surface area contributed by atoms with E-state index in [9.17, 15) is 4.79 Å². The number of hydrogen-bond acceptors (Lipinski definition) is 5. The summed E-state index contributed by atoms with van der Waals surface area (Å²) in [4.78, 5) is 22.0. The summed E-state index contributed by atoms with van der Waals surface area (Å²) < 4.78 is 5.83. The molecule has 3 rings (SSSR count). The molecule has 2 aromatic carbocycles. The van der Waals surface area contributed by atoms with E-state index in [1.807, 2.05) is 81.4 Å². The van der Waals surface area contributed by atoms with Crippen LogP contribution in [-0.2, 0) is 4.79 Å². The first-order chi connectivity index (χ1) is 14.8. The van der Waals surface area contributed by atoms with E-state index in [-0.39, 0.29) is 12.0 Å². The molecule has 0 saturated carbocycles. The standard InChI is InChI=1S/C24H28ClN3O2S/c1-6-16(3)30-21-13-8-17(14-20(21)25)15-22-23(29)28(7-2)24(31-22)26-18-9-11-19(12-10-18)27(4)5/h8-16H,6-7H2,1-5H3/b22-15-,26-24?/t16-/m0/s1. The number of carbonyl (C=O) groups excluding carboxylic acids is 1. The predicted molar refractivity (Wildman–Crippen MR) is 133 cm³/mol. The molecule has 1 aliphatic heterocycles. The summed E-state index contributed by atoms with van der Waals surface area (Å²) in [6.07, 6.45) is 2.85. The van der Waals surface area contributed by atoms with Crippen LogP contribution in [0.4, 0.5) is 11.4 Å². The zero-order chi connectivity index (χ0) is 22.5. The summed E-state index contributed by atoms with van der Waals surface area (Å²) in [5.41, 5.74) is 2.77. The molecule has 0 N–H and O–H groups in total. The first kappa shape index (κ1) is 23.2. The van der Waals surface area contributed by atoms with Gasteiger partial charge in [-0.1, -0.05) is 24.6 Å². The highest BCUT2D eigenvalue weighted by molar-refractivity contribution is 8.18. The maximum Gasteiger partial charge on any atom is 0.266 e. The summed E-state index contributed by atoms with van der Waals surface area (Å²) >= 11 is 7.77. The molecular weight excluding hydrogens is 430 g/mol. The van der Waals surface area contributed by atoms with Crippen LogP contribution in [0.1, 0.15) is 32.8 Å². The lowest BCUT2D eigenvalue weighted by Crippen LogP contribution is -2.28. The molecule has 0 bridgehead atoms. The Kier molecular flexibility index (Phi) is 7.68. The SMILES string of the molecule is CC[C@H](C)Oc1ccc(/C=C2\SC(=Nc3ccc(N(C)C)cc3)N(CC)C2=O)cc1Cl. The maximum atomic E-state index is 12.9. The fourth-order valence-electron chi connectivity index (χ4n) is 2.96. The largest absolute Gasteiger partial charge is 0.489 e. The van der Waals surface area contributed by atoms with Crippen molar-refractivity contribution >= 4 is 51.9 Å². The van der Waals surface area contributed by atoms with Gasteiger partial charge >= 0.3 is 0 Å². The Balaban J connectivity index is 1.83. The van der Waals surface area contributed by atoms with Crippen molar-refractivity contribution in [2.24, 2.45) is 4.99 Å². The van der Waals surface area contributed by atoms with E-state index < -0.39 is 0 Å². The van der Waals surface area contributed by atoms with Gasteiger partial charge in [-0.15, -0.1) is 0 Å². The number of benzene rings is 2. The second-order valence-electron chi connectivity index (χ2n) is 7.49. The Bertz CT molecular complexity index is 1000. The summed E-state index contributed by atoms with van der Waals surface area (Å²) in [5, 5.41) is 1.21. The number of halogens is 1. The number of nitrogens with zero attached hydrogens (tertiary/aromatic N) is 3. The van der Waals surface area contributed by atoms with Crippen LogP contribution in [-0.4, -0.2) is 42.7 Å². The molecule has 0 unspecified atom stereocenters. The molecule has 5 nitrogen and oxygen atoms in total. The summed E-state index contributed by atoms with van der Waals surface area (Å²) in [6, 6.07) is 13.5. The molecule has 0 radical (unpaired) electrons. The van der Waals surface area contributed by atoms with Gasteiger partial charge in [0.2, 0.25) is 0 Å². The van der Waals surface area contributed by atoms with Gasteiger partial charge in [-0.2, -0.15) is 0 Å². The molecule has 0 aromatic heterocycles. The predicted octanol–water partition coefficient (Wildman–Crippen LogP) is 6.21. The van der Waals surface area contributed by atoms with Crippen molar-refractivity contribution in [3.8, 4) is 5.75 Å². The van der Waals surface area contributed by atoms with Crippen LogP contribution >= 0.6 is 23.4 Å². The van der Waals surface area contributed by atoms with Gasteiger partial charge in [0.15, 0.2) is 5.17 Å². The zero-order valence-electron chi connectivity index (χ0n) is 18.6. The first-order valence-electron chi connectivity index (χ1n) is 10.4. The molecule has 164 valence electrons. The van der Waals surface area contributed by atoms with Crippen molar-refractivity contribution in [3.63, 3.8) is 0 Å². The maximum absolute atomic E-state index is 12.9. The third-order valence-corrected chi connectivity index (χ3v) is 6.25. The molecule has 1 heterocycles. The number of amidine groups is 1. The van der Waals surface area contributed by atoms with Crippen LogP contribution in [0, 0.1) is 0 Å². The van der Waals surface area contributed by atoms with Gasteiger partial charge in [0.1, 0.15) is 5.75 Å². The minimum Gasteiger partial charge on any atom is -0.489 e. The van der Waals surface area contributed by atoms with Crippen LogP contribution in [0.15, 0.2) is 52.4 Å². The highest BCUT2D eigenvalue weighted by Crippen LogP contribution is 2.35. The van der Waals surface area contributed by atoms with Crippen LogP contribution in [0.3, 0.4) is 0 Å². The normalized spacial score (nSPS) is 17.5. The average Bonchev–Trinajstić information content (AvgIpc) is 3.04. The van der Waals surface area contributed by atoms with Crippen LogP contribution < -0.4 is 9.64 Å². The highest BCUT2D eigenvalue weighted by Gasteiger charge is 2.32. The molecule has 1 saturated heterocycles. The Morgan fingerprint density at radius 1 is 1.19 bits per heavy atom. The van der Waals surface area contributed by atoms with E-state index in [1.165, 1.54) is 11.8 Å². The Morgan fingerprint density at radius 2 is 1.90 bits per heavy atom. The van der Waals surface area contributed by atoms with Gasteiger partial charge < -0.3 is 9.64 Å². The number of hydrogen-bond donors (Lipinski definition) is 0. The minimum atomic E-state index is -0.0489. The monoisotopic (exact) mass is 457 g/mol. The third kappa shape index (κ3) is 5.63. The van der Waals surface area contributed by atoms with E-state index in [0.717, 1.165) is 23.4 Å². The van der Waals surface area contributed by atoms with Gasteiger partial charge in [0, 0.05) is 26.3 Å². The molecule has 7 heteroatoms. The van der Waals surface area contributed by atoms with E-state index in [2.05, 4.69) is 6.92 Å². The molecule has 0 spiro atoms. The van der Waals surface area contributed by atoms with Crippen LogP contribution in [0.25, 0.3) is 6.08 Å². The van der Waals surface area contributed by atoms with E-state index in [1.54, 1.807) is 4.90 Å². The van der Waals surface area contributed by atoms with Gasteiger partial charge in [-0.25, -0.2) is 4.99 Å². The summed E-state index contributed by atoms with van der Waals surface area (Å²) in [6.45, 7) is 6.58. The molecule has 31 heavy (non-hydrogen) atoms. The Labute approximate surface area is 193 Å². The van der Waals surface area contributed by atoms with Crippen molar-refractivity contribution in [2.45, 2.75) is 33.3 Å². The second-order valence-corrected chi connectivity index (χ2v) is 8.91. The molecule has 1 aliphatic rings. The van der Waals surface area contributed by atoms with Crippen LogP contribution in [0.2, 0.25) is 5.02 Å². The highest BCUT2D eigenvalue weighted by atomic mass is 35.5. The minimum absolute atomic E-state index is 0.0489. The molecule has 2 aromatic rings. The fourth-order valence-corrected chi connectivity index (χ4v) is 4.26. The third-order valence-electron chi connectivity index (χ3n) is 4.95. The number of thioether (sulfide) groups is 1. The topological polar surface area (TPSA) is 45.1 Å². The quantitative estimate of drug-likeness (QED) is 0.464. The van der Waals surface area contributed by atoms with E-state index in [0.29, 0.717) is 27.4 Å². The molecule has 1 fully saturated rings. The Morgan fingerprint density at radius 3 is 2.48 bits per heavy atom. The van der Waals surface area contributed by atoms with Crippen molar-refractivity contribution in [1.29, 1.82) is 0 Å².